The lowest BCUT2D eigenvalue weighted by Gasteiger charge is -2.31. The predicted molar refractivity (Wildman–Crippen MR) is 217 cm³/mol. The molecule has 1 aliphatic heterocycles. The van der Waals surface area contributed by atoms with E-state index in [1.54, 1.807) is 11.3 Å². The Morgan fingerprint density at radius 2 is 1.27 bits per heavy atom. The van der Waals surface area contributed by atoms with Crippen molar-refractivity contribution in [2.24, 2.45) is 0 Å². The van der Waals surface area contributed by atoms with Gasteiger partial charge < -0.3 is 4.90 Å². The summed E-state index contributed by atoms with van der Waals surface area (Å²) in [6, 6.07) is 56.3. The second-order valence-electron chi connectivity index (χ2n) is 13.6. The molecule has 0 radical (unpaired) electrons. The highest BCUT2D eigenvalue weighted by Crippen LogP contribution is 2.51. The molecule has 2 aliphatic rings. The van der Waals surface area contributed by atoms with Gasteiger partial charge >= 0.3 is 0 Å². The summed E-state index contributed by atoms with van der Waals surface area (Å²) in [5.74, 6) is 2.00. The summed E-state index contributed by atoms with van der Waals surface area (Å²) >= 11 is 1.81. The highest BCUT2D eigenvalue weighted by Gasteiger charge is 2.38. The van der Waals surface area contributed by atoms with Gasteiger partial charge in [-0.25, -0.2) is 15.0 Å². The smallest absolute Gasteiger partial charge is 0.164 e. The molecule has 0 N–H and O–H groups in total. The number of benzene rings is 7. The Hall–Kier alpha value is -6.43. The van der Waals surface area contributed by atoms with Crippen LogP contribution in [0, 0.1) is 0 Å². The van der Waals surface area contributed by atoms with Crippen LogP contribution in [0.25, 0.3) is 76.8 Å². The third-order valence-corrected chi connectivity index (χ3v) is 11.7. The van der Waals surface area contributed by atoms with Gasteiger partial charge in [0.15, 0.2) is 17.5 Å². The average molecular weight is 683 g/mol. The molecule has 0 amide bonds. The van der Waals surface area contributed by atoms with E-state index in [2.05, 4.69) is 151 Å². The molecule has 0 fully saturated rings. The van der Waals surface area contributed by atoms with E-state index in [9.17, 15) is 0 Å². The quantitative estimate of drug-likeness (QED) is 0.185. The lowest BCUT2D eigenvalue weighted by Crippen LogP contribution is -2.30. The van der Waals surface area contributed by atoms with E-state index < -0.39 is 0 Å². The molecule has 5 heteroatoms. The van der Waals surface area contributed by atoms with E-state index in [0.717, 1.165) is 28.8 Å². The van der Waals surface area contributed by atoms with Crippen LogP contribution in [0.3, 0.4) is 0 Å². The summed E-state index contributed by atoms with van der Waals surface area (Å²) in [4.78, 5) is 18.1. The van der Waals surface area contributed by atoms with E-state index in [0.29, 0.717) is 17.5 Å². The van der Waals surface area contributed by atoms with Gasteiger partial charge in [0.1, 0.15) is 0 Å². The van der Waals surface area contributed by atoms with Crippen molar-refractivity contribution in [1.82, 2.24) is 15.0 Å². The minimum absolute atomic E-state index is 0.171. The van der Waals surface area contributed by atoms with Crippen molar-refractivity contribution in [3.05, 3.63) is 174 Å². The van der Waals surface area contributed by atoms with Crippen molar-refractivity contribution in [1.29, 1.82) is 0 Å². The van der Waals surface area contributed by atoms with E-state index in [1.807, 2.05) is 18.2 Å². The van der Waals surface area contributed by atoms with Crippen molar-refractivity contribution >= 4 is 65.3 Å². The van der Waals surface area contributed by atoms with Crippen LogP contribution in [0.4, 0.5) is 11.4 Å². The molecule has 7 aromatic carbocycles. The molecule has 0 spiro atoms. The molecule has 52 heavy (non-hydrogen) atoms. The fraction of sp³-hybridized carbons (Fsp3) is 0.0426. The van der Waals surface area contributed by atoms with Crippen molar-refractivity contribution in [2.75, 3.05) is 4.90 Å². The Morgan fingerprint density at radius 3 is 2.19 bits per heavy atom. The fourth-order valence-electron chi connectivity index (χ4n) is 8.26. The van der Waals surface area contributed by atoms with Gasteiger partial charge in [0.05, 0.1) is 6.04 Å². The molecular weight excluding hydrogens is 653 g/mol. The Kier molecular flexibility index (Phi) is 6.51. The summed E-state index contributed by atoms with van der Waals surface area (Å²) in [7, 11) is 0. The van der Waals surface area contributed by atoms with E-state index >= 15 is 0 Å². The molecule has 4 nitrogen and oxygen atoms in total. The number of nitrogens with zero attached hydrogens (tertiary/aromatic N) is 4. The van der Waals surface area contributed by atoms with Gasteiger partial charge in [0.25, 0.3) is 0 Å². The Bertz CT molecular complexity index is 2910. The van der Waals surface area contributed by atoms with Gasteiger partial charge in [0.2, 0.25) is 0 Å². The maximum absolute atomic E-state index is 5.25. The van der Waals surface area contributed by atoms with Gasteiger partial charge in [0, 0.05) is 53.8 Å². The first-order chi connectivity index (χ1) is 25.8. The highest BCUT2D eigenvalue weighted by molar-refractivity contribution is 7.25. The van der Waals surface area contributed by atoms with Crippen LogP contribution in [0.2, 0.25) is 0 Å². The van der Waals surface area contributed by atoms with Gasteiger partial charge in [-0.15, -0.1) is 11.3 Å². The summed E-state index contributed by atoms with van der Waals surface area (Å²) in [5, 5.41) is 4.96. The molecule has 11 rings (SSSR count). The number of rotatable bonds is 4. The van der Waals surface area contributed by atoms with Crippen LogP contribution in [-0.2, 0) is 6.42 Å². The number of thiophene rings is 1. The van der Waals surface area contributed by atoms with Crippen LogP contribution in [0.15, 0.2) is 158 Å². The maximum Gasteiger partial charge on any atom is 0.164 e. The second kappa shape index (κ2) is 11.6. The number of aromatic nitrogens is 3. The van der Waals surface area contributed by atoms with Crippen LogP contribution in [0.5, 0.6) is 0 Å². The van der Waals surface area contributed by atoms with Crippen molar-refractivity contribution in [3.63, 3.8) is 0 Å². The lowest BCUT2D eigenvalue weighted by molar-refractivity contribution is 0.807. The zero-order valence-electron chi connectivity index (χ0n) is 28.1. The first-order valence-electron chi connectivity index (χ1n) is 17.7. The number of hydrogen-bond acceptors (Lipinski definition) is 5. The SMILES string of the molecule is C1=C2c3c(ccc4ccccc34)N(c3cccc(-c4nc(-c5ccccc5)nc(-c5cccc6sc7ccccc7c56)n4)c3)C2Cc2ccccc21. The first kappa shape index (κ1) is 29.3. The van der Waals surface area contributed by atoms with E-state index in [1.165, 1.54) is 58.9 Å². The molecule has 0 bridgehead atoms. The second-order valence-corrected chi connectivity index (χ2v) is 14.7. The molecule has 0 saturated heterocycles. The lowest BCUT2D eigenvalue weighted by atomic mass is 9.85. The average Bonchev–Trinajstić information content (AvgIpc) is 3.76. The van der Waals surface area contributed by atoms with Crippen LogP contribution < -0.4 is 4.90 Å². The summed E-state index contributed by atoms with van der Waals surface area (Å²) in [6.45, 7) is 0. The van der Waals surface area contributed by atoms with Gasteiger partial charge in [-0.2, -0.15) is 0 Å². The highest BCUT2D eigenvalue weighted by atomic mass is 32.1. The molecule has 1 aliphatic carbocycles. The molecule has 9 aromatic rings. The zero-order chi connectivity index (χ0) is 34.2. The van der Waals surface area contributed by atoms with Gasteiger partial charge in [-0.1, -0.05) is 127 Å². The van der Waals surface area contributed by atoms with Crippen LogP contribution in [-0.4, -0.2) is 21.0 Å². The molecular formula is C47H30N4S. The molecule has 0 saturated carbocycles. The normalized spacial score (nSPS) is 14.7. The summed E-state index contributed by atoms with van der Waals surface area (Å²) < 4.78 is 2.48. The van der Waals surface area contributed by atoms with Crippen LogP contribution >= 0.6 is 11.3 Å². The van der Waals surface area contributed by atoms with E-state index in [-0.39, 0.29) is 6.04 Å². The minimum Gasteiger partial charge on any atom is -0.333 e. The largest absolute Gasteiger partial charge is 0.333 e. The molecule has 2 aromatic heterocycles. The first-order valence-corrected chi connectivity index (χ1v) is 18.5. The molecule has 1 atom stereocenters. The Morgan fingerprint density at radius 1 is 0.558 bits per heavy atom. The minimum atomic E-state index is 0.171. The number of hydrogen-bond donors (Lipinski definition) is 0. The predicted octanol–water partition coefficient (Wildman–Crippen LogP) is 12.0. The van der Waals surface area contributed by atoms with Crippen LogP contribution in [0.1, 0.15) is 16.7 Å². The van der Waals surface area contributed by atoms with Crippen molar-refractivity contribution in [3.8, 4) is 34.2 Å². The fourth-order valence-corrected chi connectivity index (χ4v) is 9.39. The van der Waals surface area contributed by atoms with Crippen molar-refractivity contribution in [2.45, 2.75) is 12.5 Å². The van der Waals surface area contributed by atoms with E-state index in [4.69, 9.17) is 15.0 Å². The number of anilines is 2. The number of fused-ring (bicyclic) bond motifs is 9. The van der Waals surface area contributed by atoms with Gasteiger partial charge in [-0.05, 0) is 70.3 Å². The Balaban J connectivity index is 1.10. The third-order valence-electron chi connectivity index (χ3n) is 10.6. The van der Waals surface area contributed by atoms with Crippen molar-refractivity contribution < 1.29 is 0 Å². The Labute approximate surface area is 305 Å². The zero-order valence-corrected chi connectivity index (χ0v) is 28.9. The van der Waals surface area contributed by atoms with Gasteiger partial charge in [-0.3, -0.25) is 0 Å². The topological polar surface area (TPSA) is 41.9 Å². The summed E-state index contributed by atoms with van der Waals surface area (Å²) in [5.41, 5.74) is 10.7. The maximum atomic E-state index is 5.25. The summed E-state index contributed by atoms with van der Waals surface area (Å²) in [6.07, 6.45) is 3.35. The standard InChI is InChI=1S/C47H30N4S/c1-2-13-30(14-3-1)45-48-46(50-47(49-45)37-21-11-23-42-44(37)36-20-8-9-22-41(36)52-42)33-17-10-18-34(26-33)51-39-25-24-29-12-6-7-19-35(29)43(39)38-27-31-15-4-5-16-32(31)28-40(38)51/h1-27,40H,28H2. The molecule has 3 heterocycles. The molecule has 1 unspecified atom stereocenters. The third kappa shape index (κ3) is 4.56. The molecule has 244 valence electrons. The monoisotopic (exact) mass is 682 g/mol.